The molecule has 0 aromatic carbocycles. The van der Waals surface area contributed by atoms with E-state index in [-0.39, 0.29) is 13.2 Å². The molecule has 124 valence electrons. The van der Waals surface area contributed by atoms with Crippen LogP contribution in [-0.4, -0.2) is 42.0 Å². The SMILES string of the molecule is CCOP(=O)(OCC)OC(CC(=O)OC(C)(C)C)C(=O)O. The fraction of sp³-hybridized carbons (Fsp3) is 0.833. The highest BCUT2D eigenvalue weighted by molar-refractivity contribution is 7.48. The highest BCUT2D eigenvalue weighted by Crippen LogP contribution is 2.50. The van der Waals surface area contributed by atoms with Gasteiger partial charge in [-0.15, -0.1) is 0 Å². The Kier molecular flexibility index (Phi) is 8.10. The quantitative estimate of drug-likeness (QED) is 0.508. The van der Waals surface area contributed by atoms with Crippen molar-refractivity contribution >= 4 is 19.8 Å². The average Bonchev–Trinajstić information content (AvgIpc) is 2.25. The topological polar surface area (TPSA) is 108 Å². The summed E-state index contributed by atoms with van der Waals surface area (Å²) in [7, 11) is -4.03. The van der Waals surface area contributed by atoms with E-state index in [1.54, 1.807) is 34.6 Å². The normalized spacial score (nSPS) is 13.8. The van der Waals surface area contributed by atoms with Crippen LogP contribution in [0.25, 0.3) is 0 Å². The van der Waals surface area contributed by atoms with Crippen LogP contribution in [0.1, 0.15) is 41.0 Å². The third-order valence-electron chi connectivity index (χ3n) is 1.88. The van der Waals surface area contributed by atoms with Crippen molar-refractivity contribution in [2.24, 2.45) is 0 Å². The molecule has 0 heterocycles. The highest BCUT2D eigenvalue weighted by Gasteiger charge is 2.36. The Morgan fingerprint density at radius 2 is 1.62 bits per heavy atom. The standard InChI is InChI=1S/C12H23O8P/c1-6-17-21(16,18-7-2)20-9(11(14)15)8-10(13)19-12(3,4)5/h9H,6-8H2,1-5H3,(H,14,15). The monoisotopic (exact) mass is 326 g/mol. The third kappa shape index (κ3) is 8.83. The lowest BCUT2D eigenvalue weighted by Crippen LogP contribution is -2.31. The maximum atomic E-state index is 12.1. The van der Waals surface area contributed by atoms with Crippen LogP contribution in [0.15, 0.2) is 0 Å². The van der Waals surface area contributed by atoms with Crippen LogP contribution in [-0.2, 0) is 32.5 Å². The van der Waals surface area contributed by atoms with Gasteiger partial charge >= 0.3 is 19.8 Å². The van der Waals surface area contributed by atoms with Crippen LogP contribution in [0.4, 0.5) is 0 Å². The van der Waals surface area contributed by atoms with E-state index >= 15 is 0 Å². The lowest BCUT2D eigenvalue weighted by atomic mass is 10.2. The Balaban J connectivity index is 4.87. The molecule has 0 aliphatic carbocycles. The average molecular weight is 326 g/mol. The molecule has 1 atom stereocenters. The molecule has 21 heavy (non-hydrogen) atoms. The first kappa shape index (κ1) is 20.1. The van der Waals surface area contributed by atoms with Crippen molar-refractivity contribution in [2.75, 3.05) is 13.2 Å². The van der Waals surface area contributed by atoms with Gasteiger partial charge in [0, 0.05) is 0 Å². The van der Waals surface area contributed by atoms with Crippen LogP contribution < -0.4 is 0 Å². The first-order valence-corrected chi connectivity index (χ1v) is 8.01. The zero-order valence-corrected chi connectivity index (χ0v) is 13.8. The molecule has 0 aromatic heterocycles. The van der Waals surface area contributed by atoms with Gasteiger partial charge in [-0.1, -0.05) is 0 Å². The number of phosphoric ester groups is 1. The van der Waals surface area contributed by atoms with Gasteiger partial charge in [-0.25, -0.2) is 9.36 Å². The minimum Gasteiger partial charge on any atom is -0.479 e. The number of carboxylic acid groups (broad SMARTS) is 1. The van der Waals surface area contributed by atoms with Crippen LogP contribution >= 0.6 is 7.82 Å². The molecule has 8 nitrogen and oxygen atoms in total. The van der Waals surface area contributed by atoms with Crippen molar-refractivity contribution in [1.82, 2.24) is 0 Å². The summed E-state index contributed by atoms with van der Waals surface area (Å²) in [6, 6.07) is 0. The molecule has 1 N–H and O–H groups in total. The van der Waals surface area contributed by atoms with E-state index < -0.39 is 37.9 Å². The van der Waals surface area contributed by atoms with Crippen LogP contribution in [0.3, 0.4) is 0 Å². The second kappa shape index (κ2) is 8.48. The smallest absolute Gasteiger partial charge is 0.475 e. The van der Waals surface area contributed by atoms with Crippen LogP contribution in [0, 0.1) is 0 Å². The van der Waals surface area contributed by atoms with Crippen molar-refractivity contribution < 1.29 is 37.6 Å². The predicted molar refractivity (Wildman–Crippen MR) is 73.8 cm³/mol. The van der Waals surface area contributed by atoms with Crippen molar-refractivity contribution in [3.05, 3.63) is 0 Å². The van der Waals surface area contributed by atoms with Crippen molar-refractivity contribution in [3.8, 4) is 0 Å². The number of hydrogen-bond acceptors (Lipinski definition) is 7. The number of rotatable bonds is 9. The van der Waals surface area contributed by atoms with E-state index in [0.29, 0.717) is 0 Å². The third-order valence-corrected chi connectivity index (χ3v) is 3.54. The summed E-state index contributed by atoms with van der Waals surface area (Å²) in [4.78, 5) is 22.8. The van der Waals surface area contributed by atoms with Gasteiger partial charge in [0.1, 0.15) is 5.60 Å². The van der Waals surface area contributed by atoms with Gasteiger partial charge in [-0.3, -0.25) is 18.4 Å². The van der Waals surface area contributed by atoms with Crippen molar-refractivity contribution in [1.29, 1.82) is 0 Å². The summed E-state index contributed by atoms with van der Waals surface area (Å²) in [5.41, 5.74) is -0.760. The molecule has 0 saturated heterocycles. The summed E-state index contributed by atoms with van der Waals surface area (Å²) < 4.78 is 31.6. The van der Waals surface area contributed by atoms with Gasteiger partial charge < -0.3 is 9.84 Å². The molecule has 0 aliphatic heterocycles. The second-order valence-corrected chi connectivity index (χ2v) is 6.63. The number of hydrogen-bond donors (Lipinski definition) is 1. The van der Waals surface area contributed by atoms with Crippen LogP contribution in [0.2, 0.25) is 0 Å². The fourth-order valence-corrected chi connectivity index (χ4v) is 2.58. The predicted octanol–water partition coefficient (Wildman–Crippen LogP) is 2.37. The summed E-state index contributed by atoms with van der Waals surface area (Å²) in [6.07, 6.45) is -2.28. The number of carbonyl (C=O) groups is 2. The molecule has 0 radical (unpaired) electrons. The Morgan fingerprint density at radius 1 is 1.14 bits per heavy atom. The Bertz CT molecular complexity index is 391. The molecule has 0 spiro atoms. The van der Waals surface area contributed by atoms with Gasteiger partial charge in [0.25, 0.3) is 0 Å². The molecule has 0 bridgehead atoms. The number of phosphoric acid groups is 1. The molecule has 0 rings (SSSR count). The number of carboxylic acids is 1. The molecular formula is C12H23O8P. The molecule has 0 aromatic rings. The minimum absolute atomic E-state index is 0.00997. The van der Waals surface area contributed by atoms with E-state index in [9.17, 15) is 14.2 Å². The number of carbonyl (C=O) groups excluding carboxylic acids is 1. The Morgan fingerprint density at radius 3 is 1.95 bits per heavy atom. The maximum absolute atomic E-state index is 12.1. The van der Waals surface area contributed by atoms with E-state index in [2.05, 4.69) is 0 Å². The van der Waals surface area contributed by atoms with E-state index in [1.807, 2.05) is 0 Å². The van der Waals surface area contributed by atoms with Gasteiger partial charge in [-0.2, -0.15) is 0 Å². The van der Waals surface area contributed by atoms with Gasteiger partial charge in [-0.05, 0) is 34.6 Å². The fourth-order valence-electron chi connectivity index (χ4n) is 1.27. The Labute approximate surface area is 124 Å². The molecular weight excluding hydrogens is 303 g/mol. The molecule has 0 amide bonds. The number of esters is 1. The largest absolute Gasteiger partial charge is 0.479 e. The summed E-state index contributed by atoms with van der Waals surface area (Å²) in [5.74, 6) is -2.24. The van der Waals surface area contributed by atoms with Gasteiger partial charge in [0.2, 0.25) is 0 Å². The van der Waals surface area contributed by atoms with Crippen LogP contribution in [0.5, 0.6) is 0 Å². The lowest BCUT2D eigenvalue weighted by Gasteiger charge is -2.23. The highest BCUT2D eigenvalue weighted by atomic mass is 31.2. The molecule has 9 heteroatoms. The van der Waals surface area contributed by atoms with Crippen molar-refractivity contribution in [2.45, 2.75) is 52.7 Å². The first-order valence-electron chi connectivity index (χ1n) is 6.55. The van der Waals surface area contributed by atoms with Gasteiger partial charge in [0.05, 0.1) is 19.6 Å². The second-order valence-electron chi connectivity index (χ2n) is 5.01. The molecule has 1 unspecified atom stereocenters. The minimum atomic E-state index is -4.03. The summed E-state index contributed by atoms with van der Waals surface area (Å²) in [5, 5.41) is 9.06. The first-order chi connectivity index (χ1) is 9.53. The summed E-state index contributed by atoms with van der Waals surface area (Å²) >= 11 is 0. The van der Waals surface area contributed by atoms with Crippen molar-refractivity contribution in [3.63, 3.8) is 0 Å². The zero-order valence-electron chi connectivity index (χ0n) is 13.0. The van der Waals surface area contributed by atoms with E-state index in [1.165, 1.54) is 0 Å². The van der Waals surface area contributed by atoms with E-state index in [4.69, 9.17) is 23.4 Å². The number of ether oxygens (including phenoxy) is 1. The zero-order chi connectivity index (χ0) is 16.7. The molecule has 0 fully saturated rings. The maximum Gasteiger partial charge on any atom is 0.475 e. The lowest BCUT2D eigenvalue weighted by molar-refractivity contribution is -0.162. The van der Waals surface area contributed by atoms with Gasteiger partial charge in [0.15, 0.2) is 6.10 Å². The summed E-state index contributed by atoms with van der Waals surface area (Å²) in [6.45, 7) is 8.07. The number of aliphatic carboxylic acids is 1. The molecule has 0 aliphatic rings. The Hall–Kier alpha value is -0.950. The molecule has 0 saturated carbocycles. The van der Waals surface area contributed by atoms with E-state index in [0.717, 1.165) is 0 Å².